The van der Waals surface area contributed by atoms with Crippen molar-refractivity contribution in [2.75, 3.05) is 5.32 Å². The van der Waals surface area contributed by atoms with Crippen LogP contribution in [0, 0.1) is 0 Å². The van der Waals surface area contributed by atoms with Gasteiger partial charge in [0.05, 0.1) is 5.69 Å². The molecule has 3 heterocycles. The van der Waals surface area contributed by atoms with Gasteiger partial charge in [0.15, 0.2) is 5.13 Å². The van der Waals surface area contributed by atoms with Crippen molar-refractivity contribution in [3.05, 3.63) is 65.6 Å². The van der Waals surface area contributed by atoms with E-state index < -0.39 is 0 Å². The summed E-state index contributed by atoms with van der Waals surface area (Å²) < 4.78 is 1.94. The van der Waals surface area contributed by atoms with Crippen LogP contribution in [0.4, 0.5) is 5.69 Å². The Morgan fingerprint density at radius 3 is 2.92 bits per heavy atom. The summed E-state index contributed by atoms with van der Waals surface area (Å²) in [6.45, 7) is 2.09. The molecule has 0 bridgehead atoms. The summed E-state index contributed by atoms with van der Waals surface area (Å²) in [6.07, 6.45) is 7.51. The van der Waals surface area contributed by atoms with E-state index >= 15 is 0 Å². The number of carbonyl (C=O) groups is 1. The molecule has 0 aliphatic rings. The third kappa shape index (κ3) is 3.08. The molecule has 4 rings (SSSR count). The molecule has 6 heteroatoms. The van der Waals surface area contributed by atoms with Crippen molar-refractivity contribution in [2.24, 2.45) is 0 Å². The van der Waals surface area contributed by atoms with Gasteiger partial charge in [0.25, 0.3) is 5.91 Å². The SMILES string of the molecule is CCCc1nc(-n2cccc2)sc1C(=O)Nc1ccc2[nH]ccc2c1. The lowest BCUT2D eigenvalue weighted by atomic mass is 10.2. The lowest BCUT2D eigenvalue weighted by Gasteiger charge is -2.05. The number of anilines is 1. The van der Waals surface area contributed by atoms with E-state index in [4.69, 9.17) is 0 Å². The minimum Gasteiger partial charge on any atom is -0.361 e. The van der Waals surface area contributed by atoms with E-state index in [0.29, 0.717) is 4.88 Å². The quantitative estimate of drug-likeness (QED) is 0.552. The smallest absolute Gasteiger partial charge is 0.267 e. The van der Waals surface area contributed by atoms with E-state index in [9.17, 15) is 4.79 Å². The van der Waals surface area contributed by atoms with E-state index in [1.807, 2.05) is 59.6 Å². The number of hydrogen-bond donors (Lipinski definition) is 2. The number of amides is 1. The number of aromatic nitrogens is 3. The molecule has 0 unspecified atom stereocenters. The van der Waals surface area contributed by atoms with Crippen LogP contribution in [0.3, 0.4) is 0 Å². The van der Waals surface area contributed by atoms with Gasteiger partial charge < -0.3 is 14.9 Å². The Labute approximate surface area is 149 Å². The fraction of sp³-hybridized carbons (Fsp3) is 0.158. The van der Waals surface area contributed by atoms with Crippen LogP contribution in [-0.2, 0) is 6.42 Å². The monoisotopic (exact) mass is 350 g/mol. The first kappa shape index (κ1) is 15.7. The highest BCUT2D eigenvalue weighted by molar-refractivity contribution is 7.16. The standard InChI is InChI=1S/C19H18N4OS/c1-2-5-16-17(25-19(22-16)23-10-3-4-11-23)18(24)21-14-6-7-15-13(12-14)8-9-20-15/h3-4,6-12,20H,2,5H2,1H3,(H,21,24). The van der Waals surface area contributed by atoms with Crippen molar-refractivity contribution < 1.29 is 4.79 Å². The number of rotatable bonds is 5. The van der Waals surface area contributed by atoms with Crippen LogP contribution >= 0.6 is 11.3 Å². The first-order valence-corrected chi connectivity index (χ1v) is 9.08. The predicted octanol–water partition coefficient (Wildman–Crippen LogP) is 4.62. The number of fused-ring (bicyclic) bond motifs is 1. The molecule has 0 aliphatic carbocycles. The summed E-state index contributed by atoms with van der Waals surface area (Å²) in [5, 5.41) is 4.90. The van der Waals surface area contributed by atoms with E-state index in [-0.39, 0.29) is 5.91 Å². The average Bonchev–Trinajstić information content (AvgIpc) is 3.34. The van der Waals surface area contributed by atoms with Crippen LogP contribution in [0.25, 0.3) is 16.0 Å². The summed E-state index contributed by atoms with van der Waals surface area (Å²) in [5.74, 6) is -0.103. The van der Waals surface area contributed by atoms with Crippen molar-refractivity contribution in [3.63, 3.8) is 0 Å². The highest BCUT2D eigenvalue weighted by Crippen LogP contribution is 2.25. The van der Waals surface area contributed by atoms with E-state index in [2.05, 4.69) is 22.2 Å². The second-order valence-corrected chi connectivity index (χ2v) is 6.82. The zero-order chi connectivity index (χ0) is 17.2. The number of H-pyrrole nitrogens is 1. The molecular weight excluding hydrogens is 332 g/mol. The number of aryl methyl sites for hydroxylation is 1. The Kier molecular flexibility index (Phi) is 4.11. The van der Waals surface area contributed by atoms with Gasteiger partial charge in [-0.15, -0.1) is 0 Å². The summed E-state index contributed by atoms with van der Waals surface area (Å²) in [7, 11) is 0. The van der Waals surface area contributed by atoms with Crippen molar-refractivity contribution in [2.45, 2.75) is 19.8 Å². The molecular formula is C19H18N4OS. The van der Waals surface area contributed by atoms with Crippen LogP contribution in [0.1, 0.15) is 28.7 Å². The molecule has 4 aromatic rings. The van der Waals surface area contributed by atoms with Gasteiger partial charge >= 0.3 is 0 Å². The molecule has 1 aromatic carbocycles. The number of benzene rings is 1. The highest BCUT2D eigenvalue weighted by Gasteiger charge is 2.18. The lowest BCUT2D eigenvalue weighted by molar-refractivity contribution is 0.102. The Bertz CT molecular complexity index is 1010. The first-order chi connectivity index (χ1) is 12.2. The number of nitrogens with zero attached hydrogens (tertiary/aromatic N) is 2. The molecule has 126 valence electrons. The van der Waals surface area contributed by atoms with E-state index in [1.54, 1.807) is 0 Å². The zero-order valence-electron chi connectivity index (χ0n) is 13.8. The first-order valence-electron chi connectivity index (χ1n) is 8.26. The molecule has 0 fully saturated rings. The largest absolute Gasteiger partial charge is 0.361 e. The average molecular weight is 350 g/mol. The van der Waals surface area contributed by atoms with Gasteiger partial charge in [0.1, 0.15) is 4.88 Å². The Morgan fingerprint density at radius 1 is 1.28 bits per heavy atom. The molecule has 25 heavy (non-hydrogen) atoms. The third-order valence-corrected chi connectivity index (χ3v) is 5.13. The fourth-order valence-corrected chi connectivity index (χ4v) is 3.79. The molecule has 1 amide bonds. The van der Waals surface area contributed by atoms with Gasteiger partial charge in [-0.1, -0.05) is 24.7 Å². The molecule has 0 saturated heterocycles. The zero-order valence-corrected chi connectivity index (χ0v) is 14.6. The number of nitrogens with one attached hydrogen (secondary N) is 2. The predicted molar refractivity (Wildman–Crippen MR) is 102 cm³/mol. The molecule has 0 aliphatic heterocycles. The minimum absolute atomic E-state index is 0.103. The maximum absolute atomic E-state index is 12.8. The van der Waals surface area contributed by atoms with E-state index in [1.165, 1.54) is 11.3 Å². The summed E-state index contributed by atoms with van der Waals surface area (Å²) >= 11 is 1.42. The fourth-order valence-electron chi connectivity index (χ4n) is 2.81. The van der Waals surface area contributed by atoms with Crippen molar-refractivity contribution in [1.29, 1.82) is 0 Å². The van der Waals surface area contributed by atoms with Crippen LogP contribution < -0.4 is 5.32 Å². The molecule has 5 nitrogen and oxygen atoms in total. The third-order valence-electron chi connectivity index (χ3n) is 4.02. The molecule has 3 aromatic heterocycles. The second-order valence-electron chi connectivity index (χ2n) is 5.85. The van der Waals surface area contributed by atoms with Gasteiger partial charge in [-0.05, 0) is 42.8 Å². The van der Waals surface area contributed by atoms with Crippen molar-refractivity contribution >= 4 is 33.8 Å². The molecule has 0 saturated carbocycles. The molecule has 0 radical (unpaired) electrons. The van der Waals surface area contributed by atoms with Crippen molar-refractivity contribution in [1.82, 2.24) is 14.5 Å². The highest BCUT2D eigenvalue weighted by atomic mass is 32.1. The van der Waals surface area contributed by atoms with Crippen LogP contribution in [0.15, 0.2) is 55.0 Å². The normalized spacial score (nSPS) is 11.1. The van der Waals surface area contributed by atoms with Gasteiger partial charge in [0, 0.05) is 35.2 Å². The van der Waals surface area contributed by atoms with Crippen LogP contribution in [-0.4, -0.2) is 20.4 Å². The summed E-state index contributed by atoms with van der Waals surface area (Å²) in [5.41, 5.74) is 2.70. The molecule has 2 N–H and O–H groups in total. The number of carbonyl (C=O) groups excluding carboxylic acids is 1. The van der Waals surface area contributed by atoms with E-state index in [0.717, 1.165) is 40.3 Å². The maximum atomic E-state index is 12.8. The number of thiazole rings is 1. The Hall–Kier alpha value is -2.86. The van der Waals surface area contributed by atoms with Crippen LogP contribution in [0.5, 0.6) is 0 Å². The van der Waals surface area contributed by atoms with Gasteiger partial charge in [-0.3, -0.25) is 4.79 Å². The summed E-state index contributed by atoms with van der Waals surface area (Å²) in [4.78, 5) is 21.3. The number of aromatic amines is 1. The molecule has 0 atom stereocenters. The van der Waals surface area contributed by atoms with Gasteiger partial charge in [-0.25, -0.2) is 4.98 Å². The Morgan fingerprint density at radius 2 is 2.12 bits per heavy atom. The number of hydrogen-bond acceptors (Lipinski definition) is 3. The lowest BCUT2D eigenvalue weighted by Crippen LogP contribution is -2.12. The van der Waals surface area contributed by atoms with Gasteiger partial charge in [0.2, 0.25) is 0 Å². The topological polar surface area (TPSA) is 62.7 Å². The minimum atomic E-state index is -0.103. The second kappa shape index (κ2) is 6.57. The van der Waals surface area contributed by atoms with Crippen molar-refractivity contribution in [3.8, 4) is 5.13 Å². The van der Waals surface area contributed by atoms with Gasteiger partial charge in [-0.2, -0.15) is 0 Å². The summed E-state index contributed by atoms with van der Waals surface area (Å²) in [6, 6.07) is 11.7. The maximum Gasteiger partial charge on any atom is 0.267 e. The Balaban J connectivity index is 1.64. The molecule has 0 spiro atoms. The van der Waals surface area contributed by atoms with Crippen LogP contribution in [0.2, 0.25) is 0 Å².